The number of aliphatic hydroxyl groups excluding tert-OH is 1. The number of fused-ring (bicyclic) bond motifs is 14. The van der Waals surface area contributed by atoms with Crippen LogP contribution in [0, 0.1) is 13.8 Å². The van der Waals surface area contributed by atoms with Gasteiger partial charge in [-0.25, -0.2) is 34.9 Å². The summed E-state index contributed by atoms with van der Waals surface area (Å²) in [6.45, 7) is 3.05. The molecule has 5 amide bonds. The maximum absolute atomic E-state index is 14.0. The molecule has 0 spiro atoms. The molecule has 1 aliphatic rings. The van der Waals surface area contributed by atoms with Crippen molar-refractivity contribution in [3.63, 3.8) is 0 Å². The molecule has 1 aliphatic heterocycles. The van der Waals surface area contributed by atoms with Crippen LogP contribution in [0.15, 0.2) is 64.0 Å². The fourth-order valence-corrected chi connectivity index (χ4v) is 12.2. The summed E-state index contributed by atoms with van der Waals surface area (Å²) in [5.41, 5.74) is 4.05. The van der Waals surface area contributed by atoms with Crippen LogP contribution >= 0.6 is 68.0 Å². The molecule has 0 fully saturated rings. The predicted molar refractivity (Wildman–Crippen MR) is 265 cm³/mol. The largest absolute Gasteiger partial charge is 0.386 e. The number of carbonyl (C=O) groups is 5. The summed E-state index contributed by atoms with van der Waals surface area (Å²) in [6.07, 6.45) is -1.42. The Balaban J connectivity index is 1.13. The van der Waals surface area contributed by atoms with Crippen LogP contribution in [-0.4, -0.2) is 90.2 Å². The van der Waals surface area contributed by atoms with Crippen molar-refractivity contribution in [1.29, 1.82) is 0 Å². The Morgan fingerprint density at radius 2 is 1.48 bits per heavy atom. The van der Waals surface area contributed by atoms with Crippen molar-refractivity contribution in [2.24, 2.45) is 0 Å². The normalized spacial score (nSPS) is 16.0. The Kier molecular flexibility index (Phi) is 14.2. The lowest BCUT2D eigenvalue weighted by Crippen LogP contribution is -2.40. The number of benzene rings is 1. The van der Waals surface area contributed by atoms with Crippen LogP contribution in [0.3, 0.4) is 0 Å². The van der Waals surface area contributed by atoms with Gasteiger partial charge in [-0.05, 0) is 31.5 Å². The van der Waals surface area contributed by atoms with E-state index in [4.69, 9.17) is 24.7 Å². The Labute approximate surface area is 416 Å². The zero-order valence-electron chi connectivity index (χ0n) is 36.7. The number of thiazole rings is 6. The van der Waals surface area contributed by atoms with Crippen molar-refractivity contribution in [3.05, 3.63) is 112 Å². The van der Waals surface area contributed by atoms with Crippen LogP contribution in [0.5, 0.6) is 0 Å². The molecule has 6 N–H and O–H groups in total. The maximum atomic E-state index is 14.0. The Morgan fingerprint density at radius 1 is 0.739 bits per heavy atom. The van der Waals surface area contributed by atoms with Gasteiger partial charge in [0.15, 0.2) is 5.13 Å². The first-order chi connectivity index (χ1) is 33.3. The van der Waals surface area contributed by atoms with Crippen LogP contribution in [0.2, 0.25) is 0 Å². The highest BCUT2D eigenvalue weighted by atomic mass is 32.1. The van der Waals surface area contributed by atoms with Gasteiger partial charge in [0, 0.05) is 51.8 Å². The van der Waals surface area contributed by atoms with E-state index in [9.17, 15) is 29.1 Å². The molecule has 3 atom stereocenters. The molecular weight excluding hydrogens is 1000 g/mol. The number of pyridine rings is 1. The highest BCUT2D eigenvalue weighted by molar-refractivity contribution is 7.16. The van der Waals surface area contributed by atoms with E-state index in [-0.39, 0.29) is 41.1 Å². The van der Waals surface area contributed by atoms with Crippen molar-refractivity contribution in [2.75, 3.05) is 26.0 Å². The minimum Gasteiger partial charge on any atom is -0.386 e. The van der Waals surface area contributed by atoms with Crippen LogP contribution in [-0.2, 0) is 20.9 Å². The topological polar surface area (TPSA) is 265 Å². The van der Waals surface area contributed by atoms with Gasteiger partial charge in [-0.3, -0.25) is 29.3 Å². The Morgan fingerprint density at radius 3 is 2.25 bits per heavy atom. The minimum absolute atomic E-state index is 0.0163. The summed E-state index contributed by atoms with van der Waals surface area (Å²) in [7, 11) is 2.92. The number of nitrogens with zero attached hydrogens (tertiary/aromatic N) is 7. The number of carbonyl (C=O) groups excluding carboxylic acids is 5. The van der Waals surface area contributed by atoms with Gasteiger partial charge < -0.3 is 31.1 Å². The first-order valence-electron chi connectivity index (χ1n) is 20.8. The third kappa shape index (κ3) is 10.4. The molecule has 0 saturated carbocycles. The van der Waals surface area contributed by atoms with E-state index in [0.29, 0.717) is 68.7 Å². The van der Waals surface area contributed by atoms with Gasteiger partial charge in [0.1, 0.15) is 71.3 Å². The molecule has 25 heteroatoms. The molecule has 352 valence electrons. The number of methoxy groups -OCH3 is 1. The second kappa shape index (κ2) is 20.6. The quantitative estimate of drug-likeness (QED) is 0.0965. The number of rotatable bonds is 7. The van der Waals surface area contributed by atoms with Crippen molar-refractivity contribution >= 4 is 103 Å². The first-order valence-corrected chi connectivity index (χ1v) is 25.9. The molecule has 0 radical (unpaired) electrons. The van der Waals surface area contributed by atoms with Crippen molar-refractivity contribution in [1.82, 2.24) is 56.2 Å². The van der Waals surface area contributed by atoms with Gasteiger partial charge in [-0.2, -0.15) is 0 Å². The average molecular weight is 1040 g/mol. The number of aryl methyl sites for hydroxylation is 2. The Hall–Kier alpha value is -6.58. The van der Waals surface area contributed by atoms with Crippen LogP contribution in [0.25, 0.3) is 43.4 Å². The number of hydrogen-bond acceptors (Lipinski definition) is 20. The first kappa shape index (κ1) is 47.5. The van der Waals surface area contributed by atoms with E-state index in [0.717, 1.165) is 28.4 Å². The van der Waals surface area contributed by atoms with Crippen molar-refractivity contribution < 1.29 is 33.8 Å². The minimum atomic E-state index is -1.23. The van der Waals surface area contributed by atoms with E-state index in [1.807, 2.05) is 35.9 Å². The van der Waals surface area contributed by atoms with E-state index >= 15 is 0 Å². The standard InChI is InChI=1S/C44H38N12O7S6/c1-19-15-64-40(47-19)23-11-10-22-32(48-23)25-16-66-41(50-25)27-18-67-43(52-27)34(35(59)21-8-6-5-7-9-21)53-30(58)13-46-37(61)33-28(14-63-4)69-44(55-33)56-38(62)31-20(2)68-42(54-31)24(12-29(57)45-3)49-36(60)26-17-65-39(22)51-26/h5-11,15-18,24,34-35,59H,12-14H2,1-4H3,(H,45,57)(H,46,61)(H,49,60)(H,53,58)(H,55,56,62)/t24-,34?,35-/m0/s1. The molecule has 1 unspecified atom stereocenters. The molecule has 8 heterocycles. The molecule has 8 aromatic rings. The SMILES string of the molecule is CNC(=O)C[C@@H]1NC(=O)c2csc(n2)-c2ccc(-c3nc(C)cs3)nc2-c2csc(n2)-c2csc(n2)C([C@@H](O)c2ccccc2)NC(=O)CNC(=O)c2nc(sc2COC)NC(=O)c2nc1sc2C. The lowest BCUT2D eigenvalue weighted by molar-refractivity contribution is -0.122. The highest BCUT2D eigenvalue weighted by Gasteiger charge is 2.31. The zero-order valence-corrected chi connectivity index (χ0v) is 41.6. The zero-order chi connectivity index (χ0) is 48.3. The van der Waals surface area contributed by atoms with Gasteiger partial charge in [-0.1, -0.05) is 41.7 Å². The number of amides is 5. The molecule has 0 aliphatic carbocycles. The van der Waals surface area contributed by atoms with E-state index < -0.39 is 48.4 Å². The monoisotopic (exact) mass is 1040 g/mol. The smallest absolute Gasteiger partial charge is 0.277 e. The lowest BCUT2D eigenvalue weighted by atomic mass is 10.0. The molecule has 1 aromatic carbocycles. The van der Waals surface area contributed by atoms with Gasteiger partial charge in [0.05, 0.1) is 36.2 Å². The van der Waals surface area contributed by atoms with Crippen molar-refractivity contribution in [3.8, 4) is 43.4 Å². The summed E-state index contributed by atoms with van der Waals surface area (Å²) >= 11 is 7.34. The second-order valence-corrected chi connectivity index (χ2v) is 20.9. The molecule has 7 aromatic heterocycles. The number of aromatic nitrogens is 7. The summed E-state index contributed by atoms with van der Waals surface area (Å²) in [4.78, 5) is 102. The maximum Gasteiger partial charge on any atom is 0.277 e. The predicted octanol–water partition coefficient (Wildman–Crippen LogP) is 6.75. The molecule has 69 heavy (non-hydrogen) atoms. The molecule has 19 nitrogen and oxygen atoms in total. The van der Waals surface area contributed by atoms with Crippen LogP contribution in [0.1, 0.15) is 87.1 Å². The van der Waals surface area contributed by atoms with Gasteiger partial charge in [0.2, 0.25) is 11.8 Å². The molecule has 0 saturated heterocycles. The summed E-state index contributed by atoms with van der Waals surface area (Å²) < 4.78 is 5.32. The summed E-state index contributed by atoms with van der Waals surface area (Å²) in [5.74, 6) is -2.95. The average Bonchev–Trinajstić information content (AvgIpc) is 4.22. The molecule has 10 bridgehead atoms. The van der Waals surface area contributed by atoms with Gasteiger partial charge >= 0.3 is 0 Å². The summed E-state index contributed by atoms with van der Waals surface area (Å²) in [6, 6.07) is 10.5. The molecular formula is C44H38N12O7S6. The van der Waals surface area contributed by atoms with Crippen LogP contribution in [0.4, 0.5) is 5.13 Å². The number of nitrogens with one attached hydrogen (secondary N) is 5. The van der Waals surface area contributed by atoms with Crippen LogP contribution < -0.4 is 26.6 Å². The number of hydrogen-bond donors (Lipinski definition) is 6. The highest BCUT2D eigenvalue weighted by Crippen LogP contribution is 2.39. The molecule has 9 rings (SSSR count). The third-order valence-corrected chi connectivity index (χ3v) is 16.0. The fraction of sp³-hybridized carbons (Fsp3) is 0.227. The third-order valence-electron chi connectivity index (χ3n) is 10.3. The number of ether oxygens (including phenoxy) is 1. The van der Waals surface area contributed by atoms with Gasteiger partial charge in [-0.15, -0.1) is 56.7 Å². The summed E-state index contributed by atoms with van der Waals surface area (Å²) in [5, 5.41) is 35.0. The van der Waals surface area contributed by atoms with Crippen molar-refractivity contribution in [2.45, 2.75) is 45.1 Å². The number of aliphatic hydroxyl groups is 1. The number of anilines is 1. The van der Waals surface area contributed by atoms with E-state index in [1.54, 1.807) is 41.9 Å². The second-order valence-electron chi connectivity index (χ2n) is 15.2. The lowest BCUT2D eigenvalue weighted by Gasteiger charge is -2.23. The fourth-order valence-electron chi connectivity index (χ4n) is 7.00. The Bertz CT molecular complexity index is 3230. The van der Waals surface area contributed by atoms with Gasteiger partial charge in [0.25, 0.3) is 17.7 Å². The van der Waals surface area contributed by atoms with E-state index in [1.165, 1.54) is 59.5 Å². The van der Waals surface area contributed by atoms with E-state index in [2.05, 4.69) is 41.5 Å².